The van der Waals surface area contributed by atoms with E-state index in [0.29, 0.717) is 25.4 Å². The van der Waals surface area contributed by atoms with Crippen LogP contribution in [0.4, 0.5) is 4.79 Å². The number of methoxy groups -OCH3 is 1. The fraction of sp³-hybridized carbons (Fsp3) is 0.447. The predicted octanol–water partition coefficient (Wildman–Crippen LogP) is 4.28. The van der Waals surface area contributed by atoms with Crippen molar-refractivity contribution in [2.75, 3.05) is 33.3 Å². The van der Waals surface area contributed by atoms with Crippen molar-refractivity contribution >= 4 is 33.0 Å². The van der Waals surface area contributed by atoms with E-state index in [1.807, 2.05) is 93.9 Å². The van der Waals surface area contributed by atoms with Crippen LogP contribution in [-0.2, 0) is 34.8 Å². The lowest BCUT2D eigenvalue weighted by Gasteiger charge is -2.34. The van der Waals surface area contributed by atoms with Crippen molar-refractivity contribution in [1.29, 1.82) is 0 Å². The number of nitrogens with zero attached hydrogens (tertiary/aromatic N) is 5. The zero-order valence-corrected chi connectivity index (χ0v) is 31.1. The average molecular weight is 719 g/mol. The minimum absolute atomic E-state index is 0.0361. The van der Waals surface area contributed by atoms with Gasteiger partial charge in [0.1, 0.15) is 17.6 Å². The van der Waals surface area contributed by atoms with E-state index in [1.165, 1.54) is 23.5 Å². The van der Waals surface area contributed by atoms with E-state index in [9.17, 15) is 23.1 Å². The number of para-hydroxylation sites is 2. The van der Waals surface area contributed by atoms with Gasteiger partial charge in [-0.1, -0.05) is 70.2 Å². The van der Waals surface area contributed by atoms with E-state index >= 15 is 0 Å². The monoisotopic (exact) mass is 718 g/mol. The Balaban J connectivity index is 1.36. The van der Waals surface area contributed by atoms with Gasteiger partial charge in [0.05, 0.1) is 41.7 Å². The van der Waals surface area contributed by atoms with E-state index in [0.717, 1.165) is 22.4 Å². The Hall–Kier alpha value is -4.46. The van der Waals surface area contributed by atoms with Gasteiger partial charge in [-0.2, -0.15) is 4.31 Å². The lowest BCUT2D eigenvalue weighted by atomic mass is 9.97. The molecule has 0 radical (unpaired) electrons. The normalized spacial score (nSPS) is 15.6. The van der Waals surface area contributed by atoms with Gasteiger partial charge in [-0.3, -0.25) is 4.79 Å². The van der Waals surface area contributed by atoms with Crippen LogP contribution in [0, 0.1) is 11.8 Å². The number of nitrogens with one attached hydrogen (secondary N) is 1. The quantitative estimate of drug-likeness (QED) is 0.177. The van der Waals surface area contributed by atoms with Gasteiger partial charge in [-0.15, -0.1) is 0 Å². The Morgan fingerprint density at radius 3 is 2.25 bits per heavy atom. The fourth-order valence-corrected chi connectivity index (χ4v) is 8.27. The van der Waals surface area contributed by atoms with Crippen molar-refractivity contribution in [3.8, 4) is 5.75 Å². The van der Waals surface area contributed by atoms with E-state index in [4.69, 9.17) is 9.72 Å². The van der Waals surface area contributed by atoms with Gasteiger partial charge in [-0.25, -0.2) is 18.2 Å². The van der Waals surface area contributed by atoms with Crippen LogP contribution in [0.15, 0.2) is 83.8 Å². The third-order valence-corrected chi connectivity index (χ3v) is 11.2. The summed E-state index contributed by atoms with van der Waals surface area (Å²) in [6.07, 6.45) is -1.01. The largest absolute Gasteiger partial charge is 0.497 e. The highest BCUT2D eigenvalue weighted by Gasteiger charge is 2.41. The second kappa shape index (κ2) is 16.3. The predicted molar refractivity (Wildman–Crippen MR) is 197 cm³/mol. The molecule has 0 unspecified atom stereocenters. The summed E-state index contributed by atoms with van der Waals surface area (Å²) in [4.78, 5) is 36.1. The van der Waals surface area contributed by atoms with Crippen molar-refractivity contribution in [2.24, 2.45) is 18.9 Å². The maximum absolute atomic E-state index is 14.2. The molecule has 0 aliphatic carbocycles. The third-order valence-electron chi connectivity index (χ3n) is 9.32. The molecular weight excluding hydrogens is 669 g/mol. The van der Waals surface area contributed by atoms with Crippen molar-refractivity contribution in [3.05, 3.63) is 90.3 Å². The molecule has 3 amide bonds. The third kappa shape index (κ3) is 8.71. The molecule has 1 aliphatic heterocycles. The lowest BCUT2D eigenvalue weighted by molar-refractivity contribution is -0.128. The maximum atomic E-state index is 14.2. The summed E-state index contributed by atoms with van der Waals surface area (Å²) < 4.78 is 36.2. The van der Waals surface area contributed by atoms with Gasteiger partial charge in [0, 0.05) is 33.2 Å². The van der Waals surface area contributed by atoms with Crippen LogP contribution in [0.3, 0.4) is 0 Å². The van der Waals surface area contributed by atoms with Gasteiger partial charge in [-0.05, 0) is 60.2 Å². The fourth-order valence-electron chi connectivity index (χ4n) is 6.65. The zero-order valence-electron chi connectivity index (χ0n) is 30.3. The number of carbonyl (C=O) groups excluding carboxylic acids is 2. The van der Waals surface area contributed by atoms with E-state index < -0.39 is 34.1 Å². The molecule has 12 nitrogen and oxygen atoms in total. The second-order valence-electron chi connectivity index (χ2n) is 13.9. The molecule has 0 saturated carbocycles. The number of ether oxygens (including phenoxy) is 1. The summed E-state index contributed by atoms with van der Waals surface area (Å²) in [5, 5.41) is 14.8. The smallest absolute Gasteiger partial charge is 0.321 e. The minimum Gasteiger partial charge on any atom is -0.497 e. The summed E-state index contributed by atoms with van der Waals surface area (Å²) in [7, 11) is -0.569. The number of aliphatic hydroxyl groups excluding tert-OH is 1. The summed E-state index contributed by atoms with van der Waals surface area (Å²) in [6.45, 7) is 8.60. The Kier molecular flexibility index (Phi) is 12.0. The van der Waals surface area contributed by atoms with Crippen LogP contribution in [0.25, 0.3) is 11.0 Å². The number of carbonyl (C=O) groups is 2. The van der Waals surface area contributed by atoms with Crippen molar-refractivity contribution in [2.45, 2.75) is 63.7 Å². The Morgan fingerprint density at radius 2 is 1.63 bits per heavy atom. The first-order valence-electron chi connectivity index (χ1n) is 17.4. The molecule has 0 spiro atoms. The van der Waals surface area contributed by atoms with Crippen LogP contribution < -0.4 is 10.1 Å². The van der Waals surface area contributed by atoms with Gasteiger partial charge in [0.2, 0.25) is 15.9 Å². The van der Waals surface area contributed by atoms with Crippen molar-refractivity contribution < 1.29 is 27.9 Å². The highest BCUT2D eigenvalue weighted by Crippen LogP contribution is 2.24. The first kappa shape index (κ1) is 37.8. The van der Waals surface area contributed by atoms with E-state index in [1.54, 1.807) is 21.9 Å². The molecule has 3 aromatic carbocycles. The van der Waals surface area contributed by atoms with E-state index in [-0.39, 0.29) is 42.3 Å². The molecule has 1 aliphatic rings. The van der Waals surface area contributed by atoms with Gasteiger partial charge in [0.25, 0.3) is 0 Å². The number of rotatable bonds is 16. The Bertz CT molecular complexity index is 1900. The van der Waals surface area contributed by atoms with Gasteiger partial charge >= 0.3 is 6.03 Å². The van der Waals surface area contributed by atoms with Gasteiger partial charge in [0.15, 0.2) is 0 Å². The molecule has 4 aromatic rings. The number of hydrogen-bond acceptors (Lipinski definition) is 7. The highest BCUT2D eigenvalue weighted by atomic mass is 32.2. The van der Waals surface area contributed by atoms with Crippen LogP contribution in [-0.4, -0.2) is 101 Å². The Labute approximate surface area is 301 Å². The van der Waals surface area contributed by atoms with Crippen molar-refractivity contribution in [1.82, 2.24) is 29.0 Å². The molecular formula is C38H50N6O6S. The molecule has 13 heteroatoms. The number of aromatic nitrogens is 2. The summed E-state index contributed by atoms with van der Waals surface area (Å²) in [5.74, 6) is 0.590. The number of imidazole rings is 1. The molecule has 1 saturated heterocycles. The van der Waals surface area contributed by atoms with Crippen LogP contribution in [0.5, 0.6) is 5.75 Å². The van der Waals surface area contributed by atoms with E-state index in [2.05, 4.69) is 5.32 Å². The number of hydrogen-bond donors (Lipinski definition) is 2. The van der Waals surface area contributed by atoms with Crippen LogP contribution >= 0.6 is 0 Å². The lowest BCUT2D eigenvalue weighted by Crippen LogP contribution is -2.57. The number of amides is 3. The zero-order chi connectivity index (χ0) is 36.9. The second-order valence-corrected chi connectivity index (χ2v) is 15.9. The first-order chi connectivity index (χ1) is 24.3. The molecule has 1 fully saturated rings. The minimum atomic E-state index is -4.01. The molecule has 3 atom stereocenters. The molecule has 1 aromatic heterocycles. The molecule has 0 bridgehead atoms. The average Bonchev–Trinajstić information content (AvgIpc) is 3.62. The van der Waals surface area contributed by atoms with Crippen LogP contribution in [0.2, 0.25) is 0 Å². The Morgan fingerprint density at radius 1 is 0.961 bits per heavy atom. The van der Waals surface area contributed by atoms with Gasteiger partial charge < -0.3 is 29.5 Å². The molecule has 2 N–H and O–H groups in total. The maximum Gasteiger partial charge on any atom is 0.321 e. The number of aliphatic hydroxyl groups is 1. The molecule has 51 heavy (non-hydrogen) atoms. The first-order valence-corrected chi connectivity index (χ1v) is 18.9. The number of urea groups is 1. The number of aryl methyl sites for hydroxylation is 1. The molecule has 5 rings (SSSR count). The number of fused-ring (bicyclic) bond motifs is 1. The SMILES string of the molecule is COc1ccc(S(=O)(=O)N(CC(C)C)C[C@H](O)[C@H](Cc2ccccc2)NC(=O)[C@H](C(C)C)N2CCN(Cc3nc4ccccc4n3C)C2=O)cc1. The van der Waals surface area contributed by atoms with Crippen molar-refractivity contribution in [3.63, 3.8) is 0 Å². The number of benzene rings is 3. The molecule has 2 heterocycles. The molecule has 274 valence electrons. The summed E-state index contributed by atoms with van der Waals surface area (Å²) in [6, 6.07) is 21.4. The highest BCUT2D eigenvalue weighted by molar-refractivity contribution is 7.89. The van der Waals surface area contributed by atoms with Crippen LogP contribution in [0.1, 0.15) is 39.1 Å². The summed E-state index contributed by atoms with van der Waals surface area (Å²) >= 11 is 0. The summed E-state index contributed by atoms with van der Waals surface area (Å²) in [5.41, 5.74) is 2.69. The number of sulfonamides is 1. The topological polar surface area (TPSA) is 137 Å². The standard InChI is InChI=1S/C38H50N6O6S/c1-26(2)23-43(51(48,49)30-18-16-29(50-6)17-19-30)24-34(45)32(22-28-12-8-7-9-13-28)40-37(46)36(27(3)4)44-21-20-42(38(44)47)25-35-39-31-14-10-11-15-33(31)41(35)5/h7-19,26-27,32,34,36,45H,20-25H2,1-6H3,(H,40,46)/t32-,34-,36-/m0/s1.